The van der Waals surface area contributed by atoms with E-state index in [0.717, 1.165) is 31.6 Å². The van der Waals surface area contributed by atoms with E-state index in [1.54, 1.807) is 0 Å². The summed E-state index contributed by atoms with van der Waals surface area (Å²) in [7, 11) is 0. The molecule has 0 radical (unpaired) electrons. The number of carbonyl (C=O) groups excluding carboxylic acids is 1. The lowest BCUT2D eigenvalue weighted by Crippen LogP contribution is -2.30. The van der Waals surface area contributed by atoms with Crippen LogP contribution < -0.4 is 5.32 Å². The highest BCUT2D eigenvalue weighted by Crippen LogP contribution is 2.23. The first kappa shape index (κ1) is 20.1. The molecule has 1 amide bonds. The highest BCUT2D eigenvalue weighted by Gasteiger charge is 2.25. The Hall–Kier alpha value is -2.20. The molecule has 0 atom stereocenters. The molecule has 0 unspecified atom stereocenters. The third kappa shape index (κ3) is 5.40. The van der Waals surface area contributed by atoms with E-state index < -0.39 is 5.41 Å². The van der Waals surface area contributed by atoms with Crippen LogP contribution in [0.25, 0.3) is 0 Å². The number of amides is 1. The number of aryl methyl sites for hydroxylation is 1. The van der Waals surface area contributed by atoms with Crippen LogP contribution >= 0.6 is 0 Å². The molecule has 0 aliphatic heterocycles. The van der Waals surface area contributed by atoms with Gasteiger partial charge >= 0.3 is 0 Å². The Morgan fingerprint density at radius 2 is 1.85 bits per heavy atom. The van der Waals surface area contributed by atoms with Gasteiger partial charge in [-0.25, -0.2) is 4.98 Å². The summed E-state index contributed by atoms with van der Waals surface area (Å²) in [5.74, 6) is 0.645. The Kier molecular flexibility index (Phi) is 6.92. The van der Waals surface area contributed by atoms with Crippen LogP contribution in [0.4, 0.5) is 5.82 Å². The molecule has 0 fully saturated rings. The smallest absolute Gasteiger partial charge is 0.231 e. The van der Waals surface area contributed by atoms with E-state index in [9.17, 15) is 4.79 Å². The minimum atomic E-state index is -0.393. The molecule has 1 aromatic carbocycles. The molecule has 1 heterocycles. The highest BCUT2D eigenvalue weighted by atomic mass is 16.2. The molecule has 2 rings (SSSR count). The zero-order chi connectivity index (χ0) is 19.2. The number of hydrogen-bond acceptors (Lipinski definition) is 3. The first-order chi connectivity index (χ1) is 12.4. The van der Waals surface area contributed by atoms with Crippen LogP contribution in [0.2, 0.25) is 0 Å². The van der Waals surface area contributed by atoms with Crippen molar-refractivity contribution in [3.8, 4) is 0 Å². The molecule has 0 saturated heterocycles. The minimum absolute atomic E-state index is 0.0129. The number of pyridine rings is 1. The van der Waals surface area contributed by atoms with Crippen molar-refractivity contribution in [3.63, 3.8) is 0 Å². The monoisotopic (exact) mass is 353 g/mol. The molecule has 0 saturated carbocycles. The lowest BCUT2D eigenvalue weighted by Gasteiger charge is -2.23. The Morgan fingerprint density at radius 1 is 1.15 bits per heavy atom. The van der Waals surface area contributed by atoms with Crippen LogP contribution in [0.3, 0.4) is 0 Å². The quantitative estimate of drug-likeness (QED) is 0.742. The van der Waals surface area contributed by atoms with Crippen molar-refractivity contribution in [1.82, 2.24) is 9.88 Å². The summed E-state index contributed by atoms with van der Waals surface area (Å²) < 4.78 is 0. The molecule has 140 valence electrons. The third-order valence-electron chi connectivity index (χ3n) is 5.05. The molecular weight excluding hydrogens is 322 g/mol. The van der Waals surface area contributed by atoms with Gasteiger partial charge in [-0.2, -0.15) is 0 Å². The molecule has 1 N–H and O–H groups in total. The highest BCUT2D eigenvalue weighted by molar-refractivity contribution is 5.94. The maximum Gasteiger partial charge on any atom is 0.231 e. The van der Waals surface area contributed by atoms with E-state index in [0.29, 0.717) is 5.82 Å². The Bertz CT molecular complexity index is 725. The number of rotatable bonds is 8. The van der Waals surface area contributed by atoms with Crippen molar-refractivity contribution in [1.29, 1.82) is 0 Å². The number of hydrogen-bond donors (Lipinski definition) is 1. The first-order valence-corrected chi connectivity index (χ1v) is 9.39. The predicted molar refractivity (Wildman–Crippen MR) is 108 cm³/mol. The Morgan fingerprint density at radius 3 is 2.46 bits per heavy atom. The van der Waals surface area contributed by atoms with E-state index >= 15 is 0 Å². The molecule has 2 aromatic rings. The first-order valence-electron chi connectivity index (χ1n) is 9.39. The second-order valence-electron chi connectivity index (χ2n) is 7.48. The van der Waals surface area contributed by atoms with Gasteiger partial charge in [0, 0.05) is 24.7 Å². The van der Waals surface area contributed by atoms with E-state index in [1.165, 1.54) is 11.1 Å². The third-order valence-corrected chi connectivity index (χ3v) is 5.05. The van der Waals surface area contributed by atoms with Gasteiger partial charge in [0.05, 0.1) is 0 Å². The van der Waals surface area contributed by atoms with Gasteiger partial charge < -0.3 is 5.32 Å². The summed E-state index contributed by atoms with van der Waals surface area (Å²) in [6, 6.07) is 12.5. The van der Waals surface area contributed by atoms with E-state index in [4.69, 9.17) is 0 Å². The van der Waals surface area contributed by atoms with Gasteiger partial charge in [-0.05, 0) is 42.6 Å². The van der Waals surface area contributed by atoms with Crippen molar-refractivity contribution in [2.24, 2.45) is 5.41 Å². The normalized spacial score (nSPS) is 11.6. The van der Waals surface area contributed by atoms with Crippen LogP contribution in [-0.4, -0.2) is 22.3 Å². The van der Waals surface area contributed by atoms with Crippen LogP contribution in [0.15, 0.2) is 42.6 Å². The van der Waals surface area contributed by atoms with Crippen molar-refractivity contribution in [2.45, 2.75) is 54.1 Å². The number of nitrogens with one attached hydrogen (secondary N) is 1. The number of nitrogens with zero attached hydrogens (tertiary/aromatic N) is 2. The molecule has 0 spiro atoms. The van der Waals surface area contributed by atoms with E-state index in [-0.39, 0.29) is 5.91 Å². The lowest BCUT2D eigenvalue weighted by molar-refractivity contribution is -0.124. The minimum Gasteiger partial charge on any atom is -0.310 e. The second kappa shape index (κ2) is 8.95. The number of benzene rings is 1. The van der Waals surface area contributed by atoms with Crippen LogP contribution in [0.1, 0.15) is 50.8 Å². The van der Waals surface area contributed by atoms with Crippen molar-refractivity contribution < 1.29 is 4.79 Å². The summed E-state index contributed by atoms with van der Waals surface area (Å²) in [5.41, 5.74) is 3.25. The SMILES string of the molecule is CCN(Cc1ccccc1)Cc1cc(NC(=O)C(C)(C)CC)ncc1C. The molecule has 26 heavy (non-hydrogen) atoms. The molecule has 1 aromatic heterocycles. The molecule has 4 heteroatoms. The second-order valence-corrected chi connectivity index (χ2v) is 7.48. The van der Waals surface area contributed by atoms with Gasteiger partial charge in [0.25, 0.3) is 0 Å². The molecule has 0 bridgehead atoms. The summed E-state index contributed by atoms with van der Waals surface area (Å²) in [4.78, 5) is 19.2. The summed E-state index contributed by atoms with van der Waals surface area (Å²) in [6.45, 7) is 12.9. The number of anilines is 1. The zero-order valence-electron chi connectivity index (χ0n) is 16.7. The van der Waals surface area contributed by atoms with Gasteiger partial charge in [-0.15, -0.1) is 0 Å². The van der Waals surface area contributed by atoms with E-state index in [2.05, 4.69) is 53.3 Å². The predicted octanol–water partition coefficient (Wildman–Crippen LogP) is 4.79. The molecule has 0 aliphatic rings. The maximum atomic E-state index is 12.4. The van der Waals surface area contributed by atoms with Crippen LogP contribution in [0.5, 0.6) is 0 Å². The summed E-state index contributed by atoms with van der Waals surface area (Å²) in [6.07, 6.45) is 2.64. The summed E-state index contributed by atoms with van der Waals surface area (Å²) in [5, 5.41) is 2.97. The number of aromatic nitrogens is 1. The van der Waals surface area contributed by atoms with Crippen molar-refractivity contribution in [2.75, 3.05) is 11.9 Å². The van der Waals surface area contributed by atoms with Crippen molar-refractivity contribution >= 4 is 11.7 Å². The fourth-order valence-electron chi connectivity index (χ4n) is 2.61. The van der Waals surface area contributed by atoms with Crippen LogP contribution in [-0.2, 0) is 17.9 Å². The molecular formula is C22H31N3O. The van der Waals surface area contributed by atoms with Gasteiger partial charge in [-0.1, -0.05) is 58.0 Å². The van der Waals surface area contributed by atoms with Gasteiger partial charge in [0.15, 0.2) is 0 Å². The summed E-state index contributed by atoms with van der Waals surface area (Å²) >= 11 is 0. The fraction of sp³-hybridized carbons (Fsp3) is 0.455. The molecule has 0 aliphatic carbocycles. The van der Waals surface area contributed by atoms with Gasteiger partial charge in [0.2, 0.25) is 5.91 Å². The number of carbonyl (C=O) groups is 1. The largest absolute Gasteiger partial charge is 0.310 e. The van der Waals surface area contributed by atoms with E-state index in [1.807, 2.05) is 39.1 Å². The Balaban J connectivity index is 2.12. The Labute approximate surface area is 157 Å². The van der Waals surface area contributed by atoms with Crippen molar-refractivity contribution in [3.05, 3.63) is 59.3 Å². The zero-order valence-corrected chi connectivity index (χ0v) is 16.7. The lowest BCUT2D eigenvalue weighted by atomic mass is 9.89. The standard InChI is InChI=1S/C22H31N3O/c1-6-22(4,5)21(26)24-20-13-19(17(3)14-23-20)16-25(7-2)15-18-11-9-8-10-12-18/h8-14H,6-7,15-16H2,1-5H3,(H,23,24,26). The molecule has 4 nitrogen and oxygen atoms in total. The average Bonchev–Trinajstić information content (AvgIpc) is 2.64. The maximum absolute atomic E-state index is 12.4. The van der Waals surface area contributed by atoms with Gasteiger partial charge in [0.1, 0.15) is 5.82 Å². The topological polar surface area (TPSA) is 45.2 Å². The fourth-order valence-corrected chi connectivity index (χ4v) is 2.61. The van der Waals surface area contributed by atoms with Crippen LogP contribution in [0, 0.1) is 12.3 Å². The van der Waals surface area contributed by atoms with Gasteiger partial charge in [-0.3, -0.25) is 9.69 Å². The average molecular weight is 354 g/mol.